The molecule has 206 valence electrons. The summed E-state index contributed by atoms with van der Waals surface area (Å²) in [6, 6.07) is 12.8. The molecular weight excluding hydrogens is 531 g/mol. The van der Waals surface area contributed by atoms with E-state index < -0.39 is 29.7 Å². The Morgan fingerprint density at radius 2 is 1.05 bits per heavy atom. The predicted molar refractivity (Wildman–Crippen MR) is 151 cm³/mol. The Labute approximate surface area is 234 Å². The molecule has 0 aliphatic heterocycles. The van der Waals surface area contributed by atoms with Crippen LogP contribution in [0.1, 0.15) is 11.1 Å². The fourth-order valence-electron chi connectivity index (χ4n) is 3.33. The van der Waals surface area contributed by atoms with E-state index in [9.17, 15) is 19.2 Å². The lowest BCUT2D eigenvalue weighted by Crippen LogP contribution is -2.07. The largest absolute Gasteiger partial charge is 0.423 e. The van der Waals surface area contributed by atoms with Crippen LogP contribution in [0.15, 0.2) is 105 Å². The number of hydrogen-bond donors (Lipinski definition) is 0. The van der Waals surface area contributed by atoms with Gasteiger partial charge in [0.1, 0.15) is 28.8 Å². The van der Waals surface area contributed by atoms with Gasteiger partial charge in [-0.3, -0.25) is 0 Å². The van der Waals surface area contributed by atoms with Crippen molar-refractivity contribution in [1.82, 2.24) is 0 Å². The van der Waals surface area contributed by atoms with E-state index in [2.05, 4.69) is 26.3 Å². The van der Waals surface area contributed by atoms with Gasteiger partial charge in [-0.05, 0) is 35.9 Å². The summed E-state index contributed by atoms with van der Waals surface area (Å²) in [6.45, 7) is 13.4. The standard InChI is InChI=1S/C32H23FO8/c1-5-29(34)38-22-13-12-21(27(18-22)40-31(36)7-3)11-9-20-10-15-24(26(33)17-20)25-16-14-23(39-30(35)6-2)19-28(25)41-32(37)8-4/h5-19H,1-4H2. The molecule has 41 heavy (non-hydrogen) atoms. The van der Waals surface area contributed by atoms with Crippen LogP contribution in [0.2, 0.25) is 0 Å². The zero-order chi connectivity index (χ0) is 29.9. The van der Waals surface area contributed by atoms with E-state index in [1.165, 1.54) is 42.5 Å². The van der Waals surface area contributed by atoms with Crippen LogP contribution in [0.3, 0.4) is 0 Å². The van der Waals surface area contributed by atoms with Crippen molar-refractivity contribution >= 4 is 36.0 Å². The van der Waals surface area contributed by atoms with E-state index >= 15 is 4.39 Å². The number of hydrogen-bond acceptors (Lipinski definition) is 8. The third kappa shape index (κ3) is 8.08. The lowest BCUT2D eigenvalue weighted by Gasteiger charge is -2.12. The molecule has 3 aromatic carbocycles. The van der Waals surface area contributed by atoms with Crippen LogP contribution in [0.5, 0.6) is 23.0 Å². The van der Waals surface area contributed by atoms with Crippen molar-refractivity contribution in [1.29, 1.82) is 0 Å². The highest BCUT2D eigenvalue weighted by atomic mass is 19.1. The van der Waals surface area contributed by atoms with Crippen LogP contribution >= 0.6 is 0 Å². The molecular formula is C32H23FO8. The molecule has 0 aliphatic rings. The van der Waals surface area contributed by atoms with Crippen molar-refractivity contribution in [2.75, 3.05) is 0 Å². The Kier molecular flexibility index (Phi) is 10.0. The Balaban J connectivity index is 1.95. The van der Waals surface area contributed by atoms with Gasteiger partial charge >= 0.3 is 23.9 Å². The molecule has 0 aromatic heterocycles. The van der Waals surface area contributed by atoms with Crippen LogP contribution < -0.4 is 18.9 Å². The molecule has 9 heteroatoms. The smallest absolute Gasteiger partial charge is 0.335 e. The topological polar surface area (TPSA) is 105 Å². The van der Waals surface area contributed by atoms with E-state index in [4.69, 9.17) is 18.9 Å². The molecule has 0 unspecified atom stereocenters. The Bertz CT molecular complexity index is 1600. The summed E-state index contributed by atoms with van der Waals surface area (Å²) in [5.41, 5.74) is 1.18. The van der Waals surface area contributed by atoms with Gasteiger partial charge in [-0.1, -0.05) is 50.6 Å². The van der Waals surface area contributed by atoms with Crippen LogP contribution in [0.4, 0.5) is 4.39 Å². The van der Waals surface area contributed by atoms with Gasteiger partial charge in [0.15, 0.2) is 0 Å². The summed E-state index contributed by atoms with van der Waals surface area (Å²) in [5.74, 6) is -3.41. The van der Waals surface area contributed by atoms with E-state index in [0.717, 1.165) is 24.3 Å². The number of benzene rings is 3. The molecule has 0 aliphatic carbocycles. The fourth-order valence-corrected chi connectivity index (χ4v) is 3.33. The van der Waals surface area contributed by atoms with Gasteiger partial charge in [0.2, 0.25) is 0 Å². The summed E-state index contributed by atoms with van der Waals surface area (Å²) in [4.78, 5) is 46.8. The molecule has 0 heterocycles. The molecule has 0 atom stereocenters. The summed E-state index contributed by atoms with van der Waals surface area (Å²) >= 11 is 0. The van der Waals surface area contributed by atoms with Gasteiger partial charge in [0, 0.05) is 53.1 Å². The molecule has 8 nitrogen and oxygen atoms in total. The number of rotatable bonds is 11. The maximum absolute atomic E-state index is 15.3. The maximum atomic E-state index is 15.3. The second-order valence-corrected chi connectivity index (χ2v) is 7.93. The van der Waals surface area contributed by atoms with Crippen molar-refractivity contribution in [3.8, 4) is 34.1 Å². The first kappa shape index (κ1) is 29.7. The normalized spacial score (nSPS) is 10.3. The first-order valence-electron chi connectivity index (χ1n) is 11.8. The molecule has 0 fully saturated rings. The highest BCUT2D eigenvalue weighted by Gasteiger charge is 2.16. The third-order valence-corrected chi connectivity index (χ3v) is 5.20. The Morgan fingerprint density at radius 3 is 1.61 bits per heavy atom. The molecule has 0 N–H and O–H groups in total. The third-order valence-electron chi connectivity index (χ3n) is 5.20. The minimum absolute atomic E-state index is 0.0580. The minimum atomic E-state index is -0.795. The summed E-state index contributed by atoms with van der Waals surface area (Å²) in [7, 11) is 0. The quantitative estimate of drug-likeness (QED) is 0.123. The van der Waals surface area contributed by atoms with Crippen molar-refractivity contribution in [3.05, 3.63) is 122 Å². The number of ether oxygens (including phenoxy) is 4. The summed E-state index contributed by atoms with van der Waals surface area (Å²) < 4.78 is 35.9. The monoisotopic (exact) mass is 554 g/mol. The minimum Gasteiger partial charge on any atom is -0.423 e. The van der Waals surface area contributed by atoms with E-state index in [-0.39, 0.29) is 34.1 Å². The number of carbonyl (C=O) groups excluding carboxylic acids is 4. The van der Waals surface area contributed by atoms with Gasteiger partial charge in [0.05, 0.1) is 0 Å². The fraction of sp³-hybridized carbons (Fsp3) is 0. The van der Waals surface area contributed by atoms with E-state index in [1.54, 1.807) is 24.3 Å². The van der Waals surface area contributed by atoms with Crippen LogP contribution in [-0.4, -0.2) is 23.9 Å². The molecule has 0 saturated carbocycles. The number of carbonyl (C=O) groups is 4. The molecule has 3 rings (SSSR count). The number of esters is 4. The Morgan fingerprint density at radius 1 is 0.561 bits per heavy atom. The van der Waals surface area contributed by atoms with Crippen molar-refractivity contribution < 1.29 is 42.5 Å². The molecule has 0 bridgehead atoms. The zero-order valence-electron chi connectivity index (χ0n) is 21.6. The first-order chi connectivity index (χ1) is 19.7. The van der Waals surface area contributed by atoms with Gasteiger partial charge in [-0.2, -0.15) is 0 Å². The van der Waals surface area contributed by atoms with Crippen molar-refractivity contribution in [2.24, 2.45) is 0 Å². The van der Waals surface area contributed by atoms with E-state index in [1.807, 2.05) is 0 Å². The molecule has 0 radical (unpaired) electrons. The van der Waals surface area contributed by atoms with Gasteiger partial charge in [-0.15, -0.1) is 0 Å². The average Bonchev–Trinajstić information content (AvgIpc) is 2.97. The van der Waals surface area contributed by atoms with Crippen molar-refractivity contribution in [2.45, 2.75) is 0 Å². The molecule has 0 spiro atoms. The highest BCUT2D eigenvalue weighted by molar-refractivity contribution is 5.88. The maximum Gasteiger partial charge on any atom is 0.335 e. The van der Waals surface area contributed by atoms with Crippen LogP contribution in [-0.2, 0) is 19.2 Å². The second kappa shape index (κ2) is 13.8. The lowest BCUT2D eigenvalue weighted by molar-refractivity contribution is -0.130. The van der Waals surface area contributed by atoms with Gasteiger partial charge in [0.25, 0.3) is 0 Å². The van der Waals surface area contributed by atoms with Crippen LogP contribution in [0.25, 0.3) is 23.3 Å². The summed E-state index contributed by atoms with van der Waals surface area (Å²) in [5, 5.41) is 0. The predicted octanol–water partition coefficient (Wildman–Crippen LogP) is 6.03. The zero-order valence-corrected chi connectivity index (χ0v) is 21.6. The van der Waals surface area contributed by atoms with Crippen LogP contribution in [0, 0.1) is 5.82 Å². The lowest BCUT2D eigenvalue weighted by atomic mass is 10.0. The van der Waals surface area contributed by atoms with Gasteiger partial charge < -0.3 is 18.9 Å². The SMILES string of the molecule is C=CC(=O)Oc1ccc(C=Cc2ccc(-c3ccc(OC(=O)C=C)cc3OC(=O)C=C)c(F)c2)c(OC(=O)C=C)c1. The first-order valence-corrected chi connectivity index (χ1v) is 11.8. The Hall–Kier alpha value is -5.83. The molecule has 3 aromatic rings. The number of halogens is 1. The highest BCUT2D eigenvalue weighted by Crippen LogP contribution is 2.36. The summed E-state index contributed by atoms with van der Waals surface area (Å²) in [6.07, 6.45) is 7.00. The van der Waals surface area contributed by atoms with Crippen molar-refractivity contribution in [3.63, 3.8) is 0 Å². The second-order valence-electron chi connectivity index (χ2n) is 7.93. The molecule has 0 amide bonds. The average molecular weight is 555 g/mol. The molecule has 0 saturated heterocycles. The van der Waals surface area contributed by atoms with Gasteiger partial charge in [-0.25, -0.2) is 23.6 Å². The van der Waals surface area contributed by atoms with E-state index in [0.29, 0.717) is 11.1 Å².